The number of benzene rings is 2. The Labute approximate surface area is 156 Å². The van der Waals surface area contributed by atoms with E-state index in [1.807, 2.05) is 24.3 Å². The summed E-state index contributed by atoms with van der Waals surface area (Å²) in [6.45, 7) is 0.780. The van der Waals surface area contributed by atoms with E-state index in [1.165, 1.54) is 28.6 Å². The lowest BCUT2D eigenvalue weighted by Crippen LogP contribution is -2.38. The van der Waals surface area contributed by atoms with E-state index in [0.29, 0.717) is 25.9 Å². The summed E-state index contributed by atoms with van der Waals surface area (Å²) >= 11 is 0. The van der Waals surface area contributed by atoms with Crippen LogP contribution in [-0.2, 0) is 10.0 Å². The molecule has 2 heterocycles. The molecule has 1 saturated heterocycles. The van der Waals surface area contributed by atoms with Gasteiger partial charge < -0.3 is 4.98 Å². The average Bonchev–Trinajstić information content (AvgIpc) is 3.12. The van der Waals surface area contributed by atoms with E-state index in [4.69, 9.17) is 0 Å². The second kappa shape index (κ2) is 6.75. The Morgan fingerprint density at radius 3 is 2.37 bits per heavy atom. The molecule has 0 bridgehead atoms. The first-order valence-electron chi connectivity index (χ1n) is 8.64. The van der Waals surface area contributed by atoms with Gasteiger partial charge in [0.15, 0.2) is 0 Å². The van der Waals surface area contributed by atoms with Crippen LogP contribution in [-0.4, -0.2) is 40.7 Å². The number of nitrogens with zero attached hydrogens (tertiary/aromatic N) is 3. The highest BCUT2D eigenvalue weighted by Gasteiger charge is 2.31. The van der Waals surface area contributed by atoms with Gasteiger partial charge in [0.25, 0.3) is 5.69 Å². The minimum Gasteiger partial charge on any atom is -0.342 e. The summed E-state index contributed by atoms with van der Waals surface area (Å²) in [5.74, 6) is 1.07. The number of imidazole rings is 1. The van der Waals surface area contributed by atoms with E-state index in [-0.39, 0.29) is 16.5 Å². The zero-order valence-corrected chi connectivity index (χ0v) is 15.2. The molecule has 2 aromatic carbocycles. The van der Waals surface area contributed by atoms with E-state index in [9.17, 15) is 18.5 Å². The maximum absolute atomic E-state index is 12.8. The van der Waals surface area contributed by atoms with Gasteiger partial charge in [-0.2, -0.15) is 4.31 Å². The molecule has 27 heavy (non-hydrogen) atoms. The molecule has 140 valence electrons. The standard InChI is InChI=1S/C18H18N4O4S/c23-22(24)14-5-7-15(8-6-14)27(25,26)21-11-9-13(10-12-21)18-19-16-3-1-2-4-17(16)20-18/h1-8,13H,9-12H2,(H,19,20). The molecule has 0 spiro atoms. The number of rotatable bonds is 4. The molecule has 4 rings (SSSR count). The maximum Gasteiger partial charge on any atom is 0.269 e. The van der Waals surface area contributed by atoms with Gasteiger partial charge >= 0.3 is 0 Å². The van der Waals surface area contributed by atoms with Crippen molar-refractivity contribution in [2.24, 2.45) is 0 Å². The monoisotopic (exact) mass is 386 g/mol. The SMILES string of the molecule is O=[N+]([O-])c1ccc(S(=O)(=O)N2CCC(c3nc4ccccc4[nH]3)CC2)cc1. The highest BCUT2D eigenvalue weighted by molar-refractivity contribution is 7.89. The summed E-state index contributed by atoms with van der Waals surface area (Å²) in [4.78, 5) is 18.2. The summed E-state index contributed by atoms with van der Waals surface area (Å²) < 4.78 is 27.0. The Bertz CT molecular complexity index is 1050. The van der Waals surface area contributed by atoms with Crippen LogP contribution in [0, 0.1) is 10.1 Å². The fourth-order valence-corrected chi connectivity index (χ4v) is 4.89. The molecule has 0 aliphatic carbocycles. The van der Waals surface area contributed by atoms with E-state index >= 15 is 0 Å². The van der Waals surface area contributed by atoms with Crippen molar-refractivity contribution < 1.29 is 13.3 Å². The number of H-pyrrole nitrogens is 1. The number of hydrogen-bond acceptors (Lipinski definition) is 5. The number of nitrogens with one attached hydrogen (secondary N) is 1. The van der Waals surface area contributed by atoms with Crippen LogP contribution < -0.4 is 0 Å². The number of sulfonamides is 1. The predicted octanol–water partition coefficient (Wildman–Crippen LogP) is 3.04. The molecule has 0 saturated carbocycles. The van der Waals surface area contributed by atoms with Gasteiger partial charge in [-0.3, -0.25) is 10.1 Å². The second-order valence-electron chi connectivity index (χ2n) is 6.57. The summed E-state index contributed by atoms with van der Waals surface area (Å²) in [6.07, 6.45) is 1.35. The number of para-hydroxylation sites is 2. The smallest absolute Gasteiger partial charge is 0.269 e. The molecule has 3 aromatic rings. The first-order chi connectivity index (χ1) is 12.9. The summed E-state index contributed by atoms with van der Waals surface area (Å²) in [6, 6.07) is 12.8. The van der Waals surface area contributed by atoms with Gasteiger partial charge in [-0.05, 0) is 37.1 Å². The number of piperidine rings is 1. The Hall–Kier alpha value is -2.78. The Kier molecular flexibility index (Phi) is 4.40. The quantitative estimate of drug-likeness (QED) is 0.547. The first-order valence-corrected chi connectivity index (χ1v) is 10.1. The number of non-ortho nitro benzene ring substituents is 1. The van der Waals surface area contributed by atoms with Crippen LogP contribution >= 0.6 is 0 Å². The van der Waals surface area contributed by atoms with Crippen LogP contribution in [0.2, 0.25) is 0 Å². The third-order valence-corrected chi connectivity index (χ3v) is 6.85. The zero-order valence-electron chi connectivity index (χ0n) is 14.4. The average molecular weight is 386 g/mol. The van der Waals surface area contributed by atoms with Gasteiger partial charge in [-0.1, -0.05) is 12.1 Å². The summed E-state index contributed by atoms with van der Waals surface area (Å²) in [7, 11) is -3.65. The third-order valence-electron chi connectivity index (χ3n) is 4.93. The van der Waals surface area contributed by atoms with E-state index in [0.717, 1.165) is 16.9 Å². The number of aromatic amines is 1. The third kappa shape index (κ3) is 3.31. The van der Waals surface area contributed by atoms with Crippen molar-refractivity contribution >= 4 is 26.7 Å². The first kappa shape index (κ1) is 17.6. The van der Waals surface area contributed by atoms with Gasteiger partial charge in [-0.25, -0.2) is 13.4 Å². The lowest BCUT2D eigenvalue weighted by atomic mass is 9.97. The highest BCUT2D eigenvalue weighted by atomic mass is 32.2. The van der Waals surface area contributed by atoms with Crippen molar-refractivity contribution in [1.29, 1.82) is 0 Å². The van der Waals surface area contributed by atoms with E-state index < -0.39 is 14.9 Å². The van der Waals surface area contributed by atoms with Crippen LogP contribution in [0.25, 0.3) is 11.0 Å². The highest BCUT2D eigenvalue weighted by Crippen LogP contribution is 2.30. The minimum atomic E-state index is -3.65. The molecule has 1 aromatic heterocycles. The molecule has 0 unspecified atom stereocenters. The van der Waals surface area contributed by atoms with Gasteiger partial charge in [0.1, 0.15) is 5.82 Å². The van der Waals surface area contributed by atoms with Crippen molar-refractivity contribution in [3.05, 3.63) is 64.5 Å². The second-order valence-corrected chi connectivity index (χ2v) is 8.51. The molecule has 0 atom stereocenters. The molecule has 9 heteroatoms. The van der Waals surface area contributed by atoms with Crippen LogP contribution in [0.5, 0.6) is 0 Å². The summed E-state index contributed by atoms with van der Waals surface area (Å²) in [5.41, 5.74) is 1.76. The van der Waals surface area contributed by atoms with Gasteiger partial charge in [0.2, 0.25) is 10.0 Å². The van der Waals surface area contributed by atoms with Gasteiger partial charge in [0.05, 0.1) is 20.9 Å². The molecule has 1 aliphatic rings. The molecule has 8 nitrogen and oxygen atoms in total. The van der Waals surface area contributed by atoms with Crippen LogP contribution in [0.4, 0.5) is 5.69 Å². The number of nitro benzene ring substituents is 1. The van der Waals surface area contributed by atoms with Crippen molar-refractivity contribution in [1.82, 2.24) is 14.3 Å². The van der Waals surface area contributed by atoms with Crippen LogP contribution in [0.1, 0.15) is 24.6 Å². The molecular formula is C18H18N4O4S. The van der Waals surface area contributed by atoms with Crippen molar-refractivity contribution in [3.8, 4) is 0 Å². The molecule has 1 aliphatic heterocycles. The molecule has 1 fully saturated rings. The van der Waals surface area contributed by atoms with E-state index in [2.05, 4.69) is 9.97 Å². The maximum atomic E-state index is 12.8. The summed E-state index contributed by atoms with van der Waals surface area (Å²) in [5, 5.41) is 10.7. The number of fused-ring (bicyclic) bond motifs is 1. The number of hydrogen-bond donors (Lipinski definition) is 1. The Morgan fingerprint density at radius 2 is 1.74 bits per heavy atom. The largest absolute Gasteiger partial charge is 0.342 e. The van der Waals surface area contributed by atoms with Crippen molar-refractivity contribution in [2.75, 3.05) is 13.1 Å². The zero-order chi connectivity index (χ0) is 19.0. The van der Waals surface area contributed by atoms with Crippen molar-refractivity contribution in [3.63, 3.8) is 0 Å². The molecule has 0 radical (unpaired) electrons. The molecule has 1 N–H and O–H groups in total. The lowest BCUT2D eigenvalue weighted by molar-refractivity contribution is -0.384. The topological polar surface area (TPSA) is 109 Å². The number of aromatic nitrogens is 2. The fraction of sp³-hybridized carbons (Fsp3) is 0.278. The van der Waals surface area contributed by atoms with Crippen LogP contribution in [0.15, 0.2) is 53.4 Å². The van der Waals surface area contributed by atoms with E-state index in [1.54, 1.807) is 0 Å². The minimum absolute atomic E-state index is 0.0790. The number of nitro groups is 1. The van der Waals surface area contributed by atoms with Gasteiger partial charge in [-0.15, -0.1) is 0 Å². The molecule has 0 amide bonds. The van der Waals surface area contributed by atoms with Crippen LogP contribution in [0.3, 0.4) is 0 Å². The molecular weight excluding hydrogens is 368 g/mol. The predicted molar refractivity (Wildman–Crippen MR) is 99.9 cm³/mol. The Morgan fingerprint density at radius 1 is 1.07 bits per heavy atom. The van der Waals surface area contributed by atoms with Crippen molar-refractivity contribution in [2.45, 2.75) is 23.7 Å². The fourth-order valence-electron chi connectivity index (χ4n) is 3.42. The van der Waals surface area contributed by atoms with Gasteiger partial charge in [0, 0.05) is 31.1 Å². The Balaban J connectivity index is 1.48. The lowest BCUT2D eigenvalue weighted by Gasteiger charge is -2.30. The normalized spacial score (nSPS) is 16.6.